The van der Waals surface area contributed by atoms with Crippen LogP contribution < -0.4 is 32.7 Å². The third-order valence-corrected chi connectivity index (χ3v) is 7.05. The molecule has 1 aliphatic rings. The highest BCUT2D eigenvalue weighted by Crippen LogP contribution is 2.14. The van der Waals surface area contributed by atoms with Crippen molar-refractivity contribution in [1.82, 2.24) is 14.9 Å². The summed E-state index contributed by atoms with van der Waals surface area (Å²) < 4.78 is 7.21. The van der Waals surface area contributed by atoms with Crippen molar-refractivity contribution in [2.45, 2.75) is 50.7 Å². The molecule has 224 valence electrons. The number of nitrogens with zero attached hydrogens (tertiary/aromatic N) is 2. The van der Waals surface area contributed by atoms with Crippen molar-refractivity contribution < 1.29 is 19.4 Å². The molecule has 3 aromatic rings. The van der Waals surface area contributed by atoms with Gasteiger partial charge in [0, 0.05) is 35.7 Å². The van der Waals surface area contributed by atoms with Gasteiger partial charge in [0.05, 0.1) is 13.2 Å². The van der Waals surface area contributed by atoms with Gasteiger partial charge in [-0.2, -0.15) is 4.98 Å². The number of aromatic nitrogens is 2. The minimum absolute atomic E-state index is 0.145. The molecule has 7 N–H and O–H groups in total. The maximum atomic E-state index is 12.6. The van der Waals surface area contributed by atoms with E-state index in [1.54, 1.807) is 24.4 Å². The predicted octanol–water partition coefficient (Wildman–Crippen LogP) is 1.91. The molecule has 12 heteroatoms. The number of aliphatic hydroxyl groups excluding tert-OH is 1. The molecule has 1 saturated heterocycles. The summed E-state index contributed by atoms with van der Waals surface area (Å²) in [5.41, 5.74) is 6.74. The number of rotatable bonds is 14. The first kappa shape index (κ1) is 30.8. The molecule has 12 nitrogen and oxygen atoms in total. The van der Waals surface area contributed by atoms with Crippen molar-refractivity contribution in [1.29, 1.82) is 0 Å². The van der Waals surface area contributed by atoms with E-state index < -0.39 is 29.6 Å². The van der Waals surface area contributed by atoms with Crippen LogP contribution in [-0.4, -0.2) is 64.5 Å². The summed E-state index contributed by atoms with van der Waals surface area (Å²) in [7, 11) is 0. The average Bonchev–Trinajstić information content (AvgIpc) is 3.51. The van der Waals surface area contributed by atoms with Crippen LogP contribution in [0.4, 0.5) is 17.2 Å². The molecule has 2 amide bonds. The topological polar surface area (TPSA) is 173 Å². The second-order valence-corrected chi connectivity index (χ2v) is 10.6. The van der Waals surface area contributed by atoms with Gasteiger partial charge in [-0.25, -0.2) is 4.79 Å². The zero-order valence-corrected chi connectivity index (χ0v) is 23.8. The summed E-state index contributed by atoms with van der Waals surface area (Å²) in [5, 5.41) is 21.1. The number of amides is 2. The Hall–Kier alpha value is -4.10. The van der Waals surface area contributed by atoms with Crippen LogP contribution in [-0.2, 0) is 22.5 Å². The first-order valence-corrected chi connectivity index (χ1v) is 14.1. The van der Waals surface area contributed by atoms with E-state index in [2.05, 4.69) is 38.4 Å². The average molecular weight is 578 g/mol. The first-order valence-electron chi connectivity index (χ1n) is 14.1. The molecule has 42 heavy (non-hydrogen) atoms. The normalized spacial score (nSPS) is 16.0. The highest BCUT2D eigenvalue weighted by molar-refractivity contribution is 6.04. The number of benzene rings is 2. The Labute approximate surface area is 244 Å². The Morgan fingerprint density at radius 1 is 1.12 bits per heavy atom. The van der Waals surface area contributed by atoms with Crippen LogP contribution in [0.2, 0.25) is 0 Å². The number of ether oxygens (including phenoxy) is 1. The lowest BCUT2D eigenvalue weighted by Gasteiger charge is -2.20. The summed E-state index contributed by atoms with van der Waals surface area (Å²) in [5.74, 6) is -0.856. The zero-order valence-electron chi connectivity index (χ0n) is 23.8. The van der Waals surface area contributed by atoms with Crippen LogP contribution in [0, 0.1) is 0 Å². The number of carbonyl (C=O) groups is 2. The number of hydrogen-bond donors (Lipinski definition) is 6. The Bertz CT molecular complexity index is 1380. The van der Waals surface area contributed by atoms with Gasteiger partial charge in [-0.15, -0.1) is 0 Å². The number of hydrogen-bond acceptors (Lipinski definition) is 9. The third-order valence-electron chi connectivity index (χ3n) is 7.05. The lowest BCUT2D eigenvalue weighted by Crippen LogP contribution is -2.51. The summed E-state index contributed by atoms with van der Waals surface area (Å²) in [6, 6.07) is 16.3. The largest absolute Gasteiger partial charge is 0.394 e. The van der Waals surface area contributed by atoms with Crippen molar-refractivity contribution >= 4 is 29.0 Å². The smallest absolute Gasteiger partial charge is 0.349 e. The predicted molar refractivity (Wildman–Crippen MR) is 161 cm³/mol. The second-order valence-electron chi connectivity index (χ2n) is 10.6. The molecule has 1 fully saturated rings. The summed E-state index contributed by atoms with van der Waals surface area (Å²) in [6.45, 7) is 3.65. The van der Waals surface area contributed by atoms with E-state index in [9.17, 15) is 19.5 Å². The van der Waals surface area contributed by atoms with Gasteiger partial charge in [-0.1, -0.05) is 12.1 Å². The van der Waals surface area contributed by atoms with Crippen molar-refractivity contribution in [3.63, 3.8) is 0 Å². The van der Waals surface area contributed by atoms with Gasteiger partial charge >= 0.3 is 5.69 Å². The quantitative estimate of drug-likeness (QED) is 0.124. The fraction of sp³-hybridized carbons (Fsp3) is 0.400. The molecule has 1 aliphatic heterocycles. The number of aryl methyl sites for hydroxylation is 2. The Morgan fingerprint density at radius 3 is 2.52 bits per heavy atom. The number of carbonyl (C=O) groups excluding carboxylic acids is 2. The molecule has 1 aromatic heterocycles. The lowest BCUT2D eigenvalue weighted by molar-refractivity contribution is -0.121. The van der Waals surface area contributed by atoms with E-state index in [1.165, 1.54) is 36.5 Å². The first-order chi connectivity index (χ1) is 20.2. The third kappa shape index (κ3) is 8.95. The van der Waals surface area contributed by atoms with Crippen molar-refractivity contribution in [3.8, 4) is 0 Å². The summed E-state index contributed by atoms with van der Waals surface area (Å²) in [6.07, 6.45) is 5.55. The Kier molecular flexibility index (Phi) is 10.8. The van der Waals surface area contributed by atoms with Crippen LogP contribution >= 0.6 is 0 Å². The molecule has 2 heterocycles. The number of anilines is 3. The van der Waals surface area contributed by atoms with E-state index >= 15 is 0 Å². The van der Waals surface area contributed by atoms with Crippen molar-refractivity contribution in [3.05, 3.63) is 82.4 Å². The minimum atomic E-state index is -1.42. The van der Waals surface area contributed by atoms with Gasteiger partial charge in [0.1, 0.15) is 18.1 Å². The van der Waals surface area contributed by atoms with Gasteiger partial charge in [-0.05, 0) is 87.2 Å². The van der Waals surface area contributed by atoms with Crippen LogP contribution in [0.3, 0.4) is 0 Å². The van der Waals surface area contributed by atoms with Crippen LogP contribution in [0.15, 0.2) is 65.6 Å². The maximum absolute atomic E-state index is 12.6. The van der Waals surface area contributed by atoms with Gasteiger partial charge in [0.15, 0.2) is 0 Å². The number of nitrogens with two attached hydrogens (primary N) is 1. The van der Waals surface area contributed by atoms with E-state index in [0.717, 1.165) is 30.6 Å². The van der Waals surface area contributed by atoms with Gasteiger partial charge in [0.25, 0.3) is 5.91 Å². The second kappa shape index (κ2) is 14.7. The molecule has 0 saturated carbocycles. The highest BCUT2D eigenvalue weighted by atomic mass is 16.5. The van der Waals surface area contributed by atoms with E-state index in [-0.39, 0.29) is 5.82 Å². The molecule has 0 aliphatic carbocycles. The molecule has 2 atom stereocenters. The molecule has 0 bridgehead atoms. The number of aliphatic hydroxyl groups is 1. The lowest BCUT2D eigenvalue weighted by atomic mass is 10.0. The van der Waals surface area contributed by atoms with E-state index in [4.69, 9.17) is 10.5 Å². The minimum Gasteiger partial charge on any atom is -0.394 e. The molecule has 0 spiro atoms. The standard InChI is InChI=1S/C30H39N7O5/c1-30(31,19-38)28(40)34-24-12-8-22(9-13-24)27(39)35-26-14-17-37(29(41)36-26)16-3-4-21-6-10-23(11-7-21)33-20-42-18-25-5-2-15-32-25/h6-14,17,25,32-33,38H,2-5,15-16,18-20,31H2,1H3,(H,34,40)(H,35,36,39,41). The Balaban J connectivity index is 1.19. The van der Waals surface area contributed by atoms with Crippen LogP contribution in [0.5, 0.6) is 0 Å². The van der Waals surface area contributed by atoms with Gasteiger partial charge < -0.3 is 36.8 Å². The van der Waals surface area contributed by atoms with E-state index in [0.29, 0.717) is 37.2 Å². The van der Waals surface area contributed by atoms with Gasteiger partial charge in [-0.3, -0.25) is 14.2 Å². The highest BCUT2D eigenvalue weighted by Gasteiger charge is 2.27. The van der Waals surface area contributed by atoms with Gasteiger partial charge in [0.2, 0.25) is 5.91 Å². The molecule has 0 radical (unpaired) electrons. The monoisotopic (exact) mass is 577 g/mol. The fourth-order valence-corrected chi connectivity index (χ4v) is 4.39. The maximum Gasteiger partial charge on any atom is 0.349 e. The summed E-state index contributed by atoms with van der Waals surface area (Å²) in [4.78, 5) is 41.2. The zero-order chi connectivity index (χ0) is 30.0. The molecule has 4 rings (SSSR count). The fourth-order valence-electron chi connectivity index (χ4n) is 4.39. The molecule has 2 aromatic carbocycles. The molecule has 2 unspecified atom stereocenters. The van der Waals surface area contributed by atoms with E-state index in [1.807, 2.05) is 12.1 Å². The van der Waals surface area contributed by atoms with Crippen LogP contribution in [0.25, 0.3) is 0 Å². The summed E-state index contributed by atoms with van der Waals surface area (Å²) >= 11 is 0. The van der Waals surface area contributed by atoms with Crippen LogP contribution in [0.1, 0.15) is 42.1 Å². The van der Waals surface area contributed by atoms with Crippen molar-refractivity contribution in [2.24, 2.45) is 5.73 Å². The molecular formula is C30H39N7O5. The number of nitrogens with one attached hydrogen (secondary N) is 4. The molecular weight excluding hydrogens is 538 g/mol. The Morgan fingerprint density at radius 2 is 1.86 bits per heavy atom. The SMILES string of the molecule is CC(N)(CO)C(=O)Nc1ccc(C(=O)Nc2ccn(CCCc3ccc(NCOCC4CCCN4)cc3)c(=O)n2)cc1. The van der Waals surface area contributed by atoms with Crippen molar-refractivity contribution in [2.75, 3.05) is 42.4 Å².